The van der Waals surface area contributed by atoms with Gasteiger partial charge in [-0.2, -0.15) is 13.2 Å². The van der Waals surface area contributed by atoms with Crippen molar-refractivity contribution in [1.82, 2.24) is 29.6 Å². The van der Waals surface area contributed by atoms with Crippen molar-refractivity contribution in [1.29, 1.82) is 0 Å². The van der Waals surface area contributed by atoms with Crippen LogP contribution in [0.3, 0.4) is 0 Å². The molecule has 0 aliphatic heterocycles. The predicted octanol–water partition coefficient (Wildman–Crippen LogP) is 4.59. The van der Waals surface area contributed by atoms with Crippen LogP contribution >= 0.6 is 0 Å². The van der Waals surface area contributed by atoms with Crippen LogP contribution in [0.15, 0.2) is 47.7 Å². The molecule has 6 rings (SSSR count). The van der Waals surface area contributed by atoms with Gasteiger partial charge in [-0.25, -0.2) is 0 Å². The zero-order valence-corrected chi connectivity index (χ0v) is 22.1. The number of nitrogens with one attached hydrogen (secondary N) is 2. The number of rotatable bonds is 7. The maximum Gasteiger partial charge on any atom is 0.418 e. The Morgan fingerprint density at radius 2 is 2.00 bits per heavy atom. The average molecular weight is 541 g/mol. The molecule has 2 aliphatic carbocycles. The van der Waals surface area contributed by atoms with Gasteiger partial charge < -0.3 is 19.6 Å². The van der Waals surface area contributed by atoms with Gasteiger partial charge >= 0.3 is 6.18 Å². The van der Waals surface area contributed by atoms with Crippen molar-refractivity contribution in [3.63, 3.8) is 0 Å². The van der Waals surface area contributed by atoms with Crippen LogP contribution in [0.2, 0.25) is 0 Å². The molecule has 0 radical (unpaired) electrons. The first kappa shape index (κ1) is 25.8. The number of H-pyrrole nitrogens is 1. The highest BCUT2D eigenvalue weighted by molar-refractivity contribution is 5.84. The standard InChI is InChI=1S/C28H31F3N6O2/c1-26(8-5-9-26)32-14-18-11-21-22(28(29,30)31)15-37(24(38)23(21)34-18)19-7-4-6-17(10-19)27(12-20(13-27)39-3)25-35-33-16-36(25)2/h4,6-7,10-11,15-16,20,32,34H,5,8-9,12-14H2,1-3H3. The van der Waals surface area contributed by atoms with Crippen LogP contribution in [0.4, 0.5) is 13.2 Å². The summed E-state index contributed by atoms with van der Waals surface area (Å²) in [5.41, 5.74) is -0.250. The minimum Gasteiger partial charge on any atom is -0.381 e. The van der Waals surface area contributed by atoms with E-state index in [0.717, 1.165) is 41.4 Å². The van der Waals surface area contributed by atoms with Crippen molar-refractivity contribution in [3.05, 3.63) is 75.9 Å². The number of aromatic nitrogens is 5. The Morgan fingerprint density at radius 3 is 2.62 bits per heavy atom. The number of pyridine rings is 1. The van der Waals surface area contributed by atoms with Crippen LogP contribution in [0.25, 0.3) is 16.6 Å². The number of ether oxygens (including phenoxy) is 1. The van der Waals surface area contributed by atoms with Crippen LogP contribution in [-0.2, 0) is 29.9 Å². The summed E-state index contributed by atoms with van der Waals surface area (Å²) in [6.45, 7) is 2.46. The minimum atomic E-state index is -4.64. The van der Waals surface area contributed by atoms with E-state index >= 15 is 0 Å². The lowest BCUT2D eigenvalue weighted by Gasteiger charge is -2.46. The summed E-state index contributed by atoms with van der Waals surface area (Å²) in [6.07, 6.45) is 2.37. The van der Waals surface area contributed by atoms with Crippen LogP contribution < -0.4 is 10.9 Å². The molecule has 0 saturated heterocycles. The van der Waals surface area contributed by atoms with Gasteiger partial charge in [-0.15, -0.1) is 10.2 Å². The Balaban J connectivity index is 1.44. The third-order valence-corrected chi connectivity index (χ3v) is 8.62. The third kappa shape index (κ3) is 4.28. The molecule has 0 unspecified atom stereocenters. The molecule has 206 valence electrons. The molecule has 2 saturated carbocycles. The molecule has 39 heavy (non-hydrogen) atoms. The Morgan fingerprint density at radius 1 is 1.23 bits per heavy atom. The first-order valence-electron chi connectivity index (χ1n) is 13.1. The molecule has 2 aliphatic rings. The highest BCUT2D eigenvalue weighted by Gasteiger charge is 2.50. The summed E-state index contributed by atoms with van der Waals surface area (Å²) in [5, 5.41) is 11.7. The summed E-state index contributed by atoms with van der Waals surface area (Å²) in [5.74, 6) is 0.744. The number of aromatic amines is 1. The van der Waals surface area contributed by atoms with Crippen molar-refractivity contribution in [2.45, 2.75) is 68.8 Å². The molecule has 0 bridgehead atoms. The van der Waals surface area contributed by atoms with Gasteiger partial charge in [-0.3, -0.25) is 9.36 Å². The molecule has 8 nitrogen and oxygen atoms in total. The van der Waals surface area contributed by atoms with E-state index in [1.807, 2.05) is 17.7 Å². The lowest BCUT2D eigenvalue weighted by Crippen LogP contribution is -2.48. The lowest BCUT2D eigenvalue weighted by atomic mass is 9.62. The van der Waals surface area contributed by atoms with E-state index < -0.39 is 22.7 Å². The molecule has 0 atom stereocenters. The third-order valence-electron chi connectivity index (χ3n) is 8.62. The molecule has 2 fully saturated rings. The van der Waals surface area contributed by atoms with Crippen molar-refractivity contribution in [2.24, 2.45) is 7.05 Å². The number of benzene rings is 1. The lowest BCUT2D eigenvalue weighted by molar-refractivity contribution is -0.136. The number of fused-ring (bicyclic) bond motifs is 1. The van der Waals surface area contributed by atoms with Gasteiger partial charge in [0.05, 0.1) is 17.1 Å². The van der Waals surface area contributed by atoms with Crippen LogP contribution in [-0.4, -0.2) is 43.1 Å². The number of hydrogen-bond donors (Lipinski definition) is 2. The molecule has 0 amide bonds. The molecule has 3 aromatic heterocycles. The van der Waals surface area contributed by atoms with E-state index in [9.17, 15) is 18.0 Å². The Hall–Kier alpha value is -3.44. The summed E-state index contributed by atoms with van der Waals surface area (Å²) < 4.78 is 51.3. The number of aryl methyl sites for hydroxylation is 1. The molecule has 1 aromatic carbocycles. The topological polar surface area (TPSA) is 89.8 Å². The fraction of sp³-hybridized carbons (Fsp3) is 0.464. The van der Waals surface area contributed by atoms with Crippen molar-refractivity contribution >= 4 is 10.9 Å². The maximum absolute atomic E-state index is 14.3. The summed E-state index contributed by atoms with van der Waals surface area (Å²) in [7, 11) is 3.51. The van der Waals surface area contributed by atoms with Gasteiger partial charge in [0.15, 0.2) is 0 Å². The first-order valence-corrected chi connectivity index (χ1v) is 13.1. The SMILES string of the molecule is COC1CC(c2cccc(-n3cc(C(F)(F)F)c4cc(CNC5(C)CCC5)[nH]c4c3=O)c2)(c2nncn2C)C1. The Bertz CT molecular complexity index is 1590. The molecular weight excluding hydrogens is 509 g/mol. The average Bonchev–Trinajstić information content (AvgIpc) is 3.48. The summed E-state index contributed by atoms with van der Waals surface area (Å²) in [6, 6.07) is 8.54. The second-order valence-corrected chi connectivity index (χ2v) is 11.2. The quantitative estimate of drug-likeness (QED) is 0.358. The molecular formula is C28H31F3N6O2. The highest BCUT2D eigenvalue weighted by Crippen LogP contribution is 2.49. The number of nitrogens with zero attached hydrogens (tertiary/aromatic N) is 4. The van der Waals surface area contributed by atoms with Gasteiger partial charge in [0.2, 0.25) is 0 Å². The zero-order chi connectivity index (χ0) is 27.6. The van der Waals surface area contributed by atoms with E-state index in [0.29, 0.717) is 30.8 Å². The fourth-order valence-electron chi connectivity index (χ4n) is 6.08. The summed E-state index contributed by atoms with van der Waals surface area (Å²) >= 11 is 0. The monoisotopic (exact) mass is 540 g/mol. The van der Waals surface area contributed by atoms with Gasteiger partial charge in [0, 0.05) is 49.2 Å². The smallest absolute Gasteiger partial charge is 0.381 e. The van der Waals surface area contributed by atoms with Crippen LogP contribution in [0.1, 0.15) is 61.7 Å². The fourth-order valence-corrected chi connectivity index (χ4v) is 6.08. The van der Waals surface area contributed by atoms with Crippen LogP contribution in [0, 0.1) is 0 Å². The van der Waals surface area contributed by atoms with Crippen molar-refractivity contribution in [3.8, 4) is 5.69 Å². The van der Waals surface area contributed by atoms with E-state index in [2.05, 4.69) is 27.4 Å². The van der Waals surface area contributed by atoms with E-state index in [1.165, 1.54) is 6.07 Å². The van der Waals surface area contributed by atoms with Gasteiger partial charge in [-0.1, -0.05) is 12.1 Å². The maximum atomic E-state index is 14.3. The highest BCUT2D eigenvalue weighted by atomic mass is 19.4. The Kier molecular flexibility index (Phi) is 5.99. The van der Waals surface area contributed by atoms with E-state index in [4.69, 9.17) is 4.74 Å². The molecule has 2 N–H and O–H groups in total. The van der Waals surface area contributed by atoms with Crippen molar-refractivity contribution < 1.29 is 17.9 Å². The number of hydrogen-bond acceptors (Lipinski definition) is 5. The predicted molar refractivity (Wildman–Crippen MR) is 140 cm³/mol. The Labute approximate surface area is 223 Å². The molecule has 0 spiro atoms. The molecule has 11 heteroatoms. The van der Waals surface area contributed by atoms with E-state index in [-0.39, 0.29) is 22.5 Å². The minimum absolute atomic E-state index is 0.0210. The second-order valence-electron chi connectivity index (χ2n) is 11.2. The van der Waals surface area contributed by atoms with Gasteiger partial charge in [0.25, 0.3) is 5.56 Å². The summed E-state index contributed by atoms with van der Waals surface area (Å²) in [4.78, 5) is 16.6. The second kappa shape index (κ2) is 9.06. The zero-order valence-electron chi connectivity index (χ0n) is 22.1. The van der Waals surface area contributed by atoms with Crippen molar-refractivity contribution in [2.75, 3.05) is 7.11 Å². The molecule has 3 heterocycles. The first-order chi connectivity index (χ1) is 18.5. The number of alkyl halides is 3. The van der Waals surface area contributed by atoms with Gasteiger partial charge in [0.1, 0.15) is 17.7 Å². The number of methoxy groups -OCH3 is 1. The molecule has 4 aromatic rings. The number of halogens is 3. The normalized spacial score (nSPS) is 22.6. The van der Waals surface area contributed by atoms with Gasteiger partial charge in [-0.05, 0) is 62.8 Å². The van der Waals surface area contributed by atoms with Crippen LogP contribution in [0.5, 0.6) is 0 Å². The largest absolute Gasteiger partial charge is 0.418 e. The van der Waals surface area contributed by atoms with E-state index in [1.54, 1.807) is 31.6 Å².